The van der Waals surface area contributed by atoms with E-state index in [-0.39, 0.29) is 10.6 Å². The normalized spacial score (nSPS) is 19.0. The van der Waals surface area contributed by atoms with E-state index in [9.17, 15) is 4.79 Å². The first kappa shape index (κ1) is 21.4. The van der Waals surface area contributed by atoms with Crippen LogP contribution in [0.5, 0.6) is 0 Å². The molecule has 1 aromatic carbocycles. The molecule has 1 fully saturated rings. The van der Waals surface area contributed by atoms with Crippen molar-refractivity contribution in [3.8, 4) is 0 Å². The van der Waals surface area contributed by atoms with Crippen molar-refractivity contribution in [1.29, 1.82) is 0 Å². The van der Waals surface area contributed by atoms with Crippen LogP contribution in [-0.2, 0) is 6.54 Å². The van der Waals surface area contributed by atoms with Crippen LogP contribution in [0.25, 0.3) is 0 Å². The largest absolute Gasteiger partial charge is 0.478 e. The quantitative estimate of drug-likeness (QED) is 0.619. The van der Waals surface area contributed by atoms with Crippen LogP contribution in [0.3, 0.4) is 0 Å². The van der Waals surface area contributed by atoms with Gasteiger partial charge in [0, 0.05) is 45.8 Å². The fourth-order valence-electron chi connectivity index (χ4n) is 2.94. The number of hydrogen-bond donors (Lipinski definition) is 4. The number of aromatic carboxylic acids is 1. The lowest BCUT2D eigenvalue weighted by molar-refractivity contribution is 0.0697. The molecule has 0 saturated carbocycles. The second kappa shape index (κ2) is 11.7. The summed E-state index contributed by atoms with van der Waals surface area (Å²) in [7, 11) is 0. The Balaban J connectivity index is 1.99. The van der Waals surface area contributed by atoms with Crippen LogP contribution >= 0.6 is 23.2 Å². The number of halogens is 2. The van der Waals surface area contributed by atoms with Gasteiger partial charge in [-0.05, 0) is 37.6 Å². The fraction of sp³-hybridized carbons (Fsp3) is 0.611. The molecule has 1 aliphatic rings. The van der Waals surface area contributed by atoms with E-state index in [0.29, 0.717) is 11.6 Å². The van der Waals surface area contributed by atoms with Crippen molar-refractivity contribution in [3.63, 3.8) is 0 Å². The van der Waals surface area contributed by atoms with Crippen molar-refractivity contribution in [3.05, 3.63) is 33.3 Å². The Morgan fingerprint density at radius 3 is 2.27 bits per heavy atom. The molecule has 1 heterocycles. The van der Waals surface area contributed by atoms with Gasteiger partial charge in [0.25, 0.3) is 0 Å². The summed E-state index contributed by atoms with van der Waals surface area (Å²) in [6, 6.07) is 3.30. The molecule has 1 saturated heterocycles. The highest BCUT2D eigenvalue weighted by atomic mass is 35.5. The van der Waals surface area contributed by atoms with Gasteiger partial charge in [-0.3, -0.25) is 4.90 Å². The first-order valence-electron chi connectivity index (χ1n) is 9.14. The second-order valence-corrected chi connectivity index (χ2v) is 7.19. The first-order chi connectivity index (χ1) is 12.6. The summed E-state index contributed by atoms with van der Waals surface area (Å²) < 4.78 is 0. The summed E-state index contributed by atoms with van der Waals surface area (Å²) in [6.07, 6.45) is 2.22. The number of nitrogens with zero attached hydrogens (tertiary/aromatic N) is 1. The predicted octanol–water partition coefficient (Wildman–Crippen LogP) is 2.06. The van der Waals surface area contributed by atoms with Crippen LogP contribution in [0.1, 0.15) is 28.8 Å². The van der Waals surface area contributed by atoms with Crippen LogP contribution in [0.2, 0.25) is 10.0 Å². The standard InChI is InChI=1S/C18H28Cl2N4O2/c19-16-14(3-4-15(17(16)20)18(25)26)13-24-11-2-1-5-21-6-7-22-8-9-23-10-12-24/h3-4,21-23H,1-2,5-13H2,(H,25,26). The summed E-state index contributed by atoms with van der Waals surface area (Å²) in [5.74, 6) is -1.06. The topological polar surface area (TPSA) is 76.6 Å². The molecule has 0 bridgehead atoms. The molecule has 26 heavy (non-hydrogen) atoms. The molecular formula is C18H28Cl2N4O2. The zero-order chi connectivity index (χ0) is 18.8. The Labute approximate surface area is 165 Å². The molecule has 6 nitrogen and oxygen atoms in total. The van der Waals surface area contributed by atoms with Crippen LogP contribution in [0.4, 0.5) is 0 Å². The molecule has 4 N–H and O–H groups in total. The third-order valence-corrected chi connectivity index (χ3v) is 5.35. The minimum absolute atomic E-state index is 0.0432. The molecular weight excluding hydrogens is 375 g/mol. The SMILES string of the molecule is O=C(O)c1ccc(CN2CCCCNCCNCCNCC2)c(Cl)c1Cl. The smallest absolute Gasteiger partial charge is 0.337 e. The third kappa shape index (κ3) is 7.02. The zero-order valence-electron chi connectivity index (χ0n) is 15.0. The number of carboxylic acids is 1. The van der Waals surface area contributed by atoms with E-state index in [0.717, 1.165) is 70.8 Å². The van der Waals surface area contributed by atoms with Gasteiger partial charge in [0.2, 0.25) is 0 Å². The summed E-state index contributed by atoms with van der Waals surface area (Å²) in [4.78, 5) is 13.5. The highest BCUT2D eigenvalue weighted by Crippen LogP contribution is 2.30. The van der Waals surface area contributed by atoms with Gasteiger partial charge in [0.1, 0.15) is 0 Å². The Morgan fingerprint density at radius 2 is 1.58 bits per heavy atom. The van der Waals surface area contributed by atoms with Crippen molar-refractivity contribution in [2.45, 2.75) is 19.4 Å². The van der Waals surface area contributed by atoms with Gasteiger partial charge in [-0.25, -0.2) is 4.79 Å². The highest BCUT2D eigenvalue weighted by molar-refractivity contribution is 6.44. The average Bonchev–Trinajstić information content (AvgIpc) is 2.61. The van der Waals surface area contributed by atoms with E-state index in [1.807, 2.05) is 0 Å². The third-order valence-electron chi connectivity index (χ3n) is 4.43. The van der Waals surface area contributed by atoms with E-state index in [2.05, 4.69) is 20.9 Å². The van der Waals surface area contributed by atoms with Crippen LogP contribution in [0, 0.1) is 0 Å². The van der Waals surface area contributed by atoms with Gasteiger partial charge in [0.15, 0.2) is 0 Å². The molecule has 0 spiro atoms. The van der Waals surface area contributed by atoms with Gasteiger partial charge < -0.3 is 21.1 Å². The molecule has 0 atom stereocenters. The van der Waals surface area contributed by atoms with E-state index in [1.54, 1.807) is 6.07 Å². The molecule has 0 unspecified atom stereocenters. The molecule has 1 aromatic rings. The maximum Gasteiger partial charge on any atom is 0.337 e. The minimum Gasteiger partial charge on any atom is -0.478 e. The van der Waals surface area contributed by atoms with Crippen molar-refractivity contribution >= 4 is 29.2 Å². The number of carboxylic acid groups (broad SMARTS) is 1. The van der Waals surface area contributed by atoms with E-state index in [1.165, 1.54) is 6.07 Å². The van der Waals surface area contributed by atoms with Crippen molar-refractivity contribution in [2.24, 2.45) is 0 Å². The number of rotatable bonds is 3. The van der Waals surface area contributed by atoms with Crippen molar-refractivity contribution in [2.75, 3.05) is 52.4 Å². The van der Waals surface area contributed by atoms with E-state index >= 15 is 0 Å². The maximum absolute atomic E-state index is 11.2. The maximum atomic E-state index is 11.2. The lowest BCUT2D eigenvalue weighted by atomic mass is 10.1. The van der Waals surface area contributed by atoms with Crippen molar-refractivity contribution < 1.29 is 9.90 Å². The van der Waals surface area contributed by atoms with Crippen LogP contribution in [-0.4, -0.2) is 68.3 Å². The molecule has 1 aliphatic heterocycles. The minimum atomic E-state index is -1.06. The average molecular weight is 403 g/mol. The Morgan fingerprint density at radius 1 is 0.923 bits per heavy atom. The molecule has 2 rings (SSSR count). The van der Waals surface area contributed by atoms with Gasteiger partial charge in [-0.1, -0.05) is 29.3 Å². The molecule has 0 radical (unpaired) electrons. The molecule has 146 valence electrons. The summed E-state index contributed by atoms with van der Waals surface area (Å²) in [5.41, 5.74) is 0.907. The predicted molar refractivity (Wildman–Crippen MR) is 107 cm³/mol. The monoisotopic (exact) mass is 402 g/mol. The Kier molecular flexibility index (Phi) is 9.67. The lowest BCUT2D eigenvalue weighted by Gasteiger charge is -2.24. The highest BCUT2D eigenvalue weighted by Gasteiger charge is 2.16. The number of hydrogen-bond acceptors (Lipinski definition) is 5. The molecule has 0 aliphatic carbocycles. The number of benzene rings is 1. The van der Waals surface area contributed by atoms with Crippen LogP contribution in [0.15, 0.2) is 12.1 Å². The van der Waals surface area contributed by atoms with Gasteiger partial charge in [-0.15, -0.1) is 0 Å². The van der Waals surface area contributed by atoms with Gasteiger partial charge in [-0.2, -0.15) is 0 Å². The molecule has 8 heteroatoms. The van der Waals surface area contributed by atoms with Crippen LogP contribution < -0.4 is 16.0 Å². The fourth-order valence-corrected chi connectivity index (χ4v) is 3.43. The van der Waals surface area contributed by atoms with E-state index in [4.69, 9.17) is 28.3 Å². The zero-order valence-corrected chi connectivity index (χ0v) is 16.5. The molecule has 0 amide bonds. The summed E-state index contributed by atoms with van der Waals surface area (Å²) in [5, 5.41) is 19.9. The summed E-state index contributed by atoms with van der Waals surface area (Å²) >= 11 is 12.5. The lowest BCUT2D eigenvalue weighted by Crippen LogP contribution is -2.37. The first-order valence-corrected chi connectivity index (χ1v) is 9.90. The number of nitrogens with one attached hydrogen (secondary N) is 3. The second-order valence-electron chi connectivity index (χ2n) is 6.44. The van der Waals surface area contributed by atoms with Gasteiger partial charge >= 0.3 is 5.97 Å². The van der Waals surface area contributed by atoms with Crippen molar-refractivity contribution in [1.82, 2.24) is 20.9 Å². The number of carbonyl (C=O) groups is 1. The summed E-state index contributed by atoms with van der Waals surface area (Å²) in [6.45, 7) is 8.34. The Bertz CT molecular complexity index is 573. The van der Waals surface area contributed by atoms with Gasteiger partial charge in [0.05, 0.1) is 15.6 Å². The molecule has 0 aromatic heterocycles. The Hall–Kier alpha value is -0.890. The van der Waals surface area contributed by atoms with E-state index < -0.39 is 5.97 Å².